The third kappa shape index (κ3) is 4.68. The minimum Gasteiger partial charge on any atom is -0.496 e. The Hall–Kier alpha value is -0.540. The first-order valence-electron chi connectivity index (χ1n) is 6.26. The predicted octanol–water partition coefficient (Wildman–Crippen LogP) is 4.08. The summed E-state index contributed by atoms with van der Waals surface area (Å²) >= 11 is 3.52. The zero-order chi connectivity index (χ0) is 12.7. The zero-order valence-corrected chi connectivity index (χ0v) is 12.6. The summed E-state index contributed by atoms with van der Waals surface area (Å²) in [5, 5.41) is 0. The summed E-state index contributed by atoms with van der Waals surface area (Å²) in [6.45, 7) is 7.69. The van der Waals surface area contributed by atoms with Crippen molar-refractivity contribution >= 4 is 15.9 Å². The third-order valence-corrected chi connectivity index (χ3v) is 3.21. The first-order valence-corrected chi connectivity index (χ1v) is 7.05. The molecule has 0 unspecified atom stereocenters. The van der Waals surface area contributed by atoms with Gasteiger partial charge in [-0.25, -0.2) is 0 Å². The highest BCUT2D eigenvalue weighted by Gasteiger charge is 2.09. The van der Waals surface area contributed by atoms with Crippen molar-refractivity contribution in [3.8, 4) is 5.75 Å². The van der Waals surface area contributed by atoms with Gasteiger partial charge in [0.2, 0.25) is 0 Å². The van der Waals surface area contributed by atoms with Crippen LogP contribution in [0.2, 0.25) is 0 Å². The van der Waals surface area contributed by atoms with Gasteiger partial charge in [0.1, 0.15) is 5.75 Å². The molecule has 1 rings (SSSR count). The number of nitrogens with zero attached hydrogens (tertiary/aromatic N) is 1. The van der Waals surface area contributed by atoms with Gasteiger partial charge in [-0.1, -0.05) is 29.8 Å². The molecule has 17 heavy (non-hydrogen) atoms. The van der Waals surface area contributed by atoms with Crippen LogP contribution in [0.4, 0.5) is 0 Å². The second-order valence-corrected chi connectivity index (χ2v) is 5.15. The van der Waals surface area contributed by atoms with Crippen LogP contribution in [0, 0.1) is 0 Å². The van der Waals surface area contributed by atoms with Gasteiger partial charge in [0.05, 0.1) is 7.11 Å². The van der Waals surface area contributed by atoms with Crippen LogP contribution >= 0.6 is 15.9 Å². The maximum atomic E-state index is 5.41. The van der Waals surface area contributed by atoms with Crippen LogP contribution in [-0.2, 0) is 6.54 Å². The predicted molar refractivity (Wildman–Crippen MR) is 76.6 cm³/mol. The van der Waals surface area contributed by atoms with Gasteiger partial charge in [-0.15, -0.1) is 0 Å². The van der Waals surface area contributed by atoms with Gasteiger partial charge in [0.15, 0.2) is 0 Å². The van der Waals surface area contributed by atoms with E-state index in [0.29, 0.717) is 0 Å². The first kappa shape index (κ1) is 14.5. The standard InChI is InChI=1S/C14H22BrNO/c1-4-8-16(9-5-2)11-12-10-13(15)6-7-14(12)17-3/h6-7,10H,4-5,8-9,11H2,1-3H3. The topological polar surface area (TPSA) is 12.5 Å². The SMILES string of the molecule is CCCN(CCC)Cc1cc(Br)ccc1OC. The van der Waals surface area contributed by atoms with E-state index in [1.165, 1.54) is 18.4 Å². The Kier molecular flexibility index (Phi) is 6.60. The van der Waals surface area contributed by atoms with E-state index in [4.69, 9.17) is 4.74 Å². The highest BCUT2D eigenvalue weighted by atomic mass is 79.9. The van der Waals surface area contributed by atoms with Crippen LogP contribution in [0.25, 0.3) is 0 Å². The van der Waals surface area contributed by atoms with Crippen LogP contribution in [0.5, 0.6) is 5.75 Å². The maximum Gasteiger partial charge on any atom is 0.123 e. The summed E-state index contributed by atoms with van der Waals surface area (Å²) in [6, 6.07) is 6.19. The molecule has 0 N–H and O–H groups in total. The van der Waals surface area contributed by atoms with E-state index in [1.807, 2.05) is 12.1 Å². The van der Waals surface area contributed by atoms with Crippen LogP contribution in [0.3, 0.4) is 0 Å². The molecule has 2 nitrogen and oxygen atoms in total. The quantitative estimate of drug-likeness (QED) is 0.752. The summed E-state index contributed by atoms with van der Waals surface area (Å²) in [5.41, 5.74) is 1.25. The van der Waals surface area contributed by atoms with Gasteiger partial charge in [0.25, 0.3) is 0 Å². The van der Waals surface area contributed by atoms with Crippen molar-refractivity contribution in [1.82, 2.24) is 4.90 Å². The fourth-order valence-corrected chi connectivity index (χ4v) is 2.42. The van der Waals surface area contributed by atoms with E-state index in [9.17, 15) is 0 Å². The van der Waals surface area contributed by atoms with Crippen LogP contribution in [0.15, 0.2) is 22.7 Å². The second-order valence-electron chi connectivity index (χ2n) is 4.23. The lowest BCUT2D eigenvalue weighted by Gasteiger charge is -2.22. The van der Waals surface area contributed by atoms with E-state index in [-0.39, 0.29) is 0 Å². The number of halogens is 1. The monoisotopic (exact) mass is 299 g/mol. The number of hydrogen-bond donors (Lipinski definition) is 0. The maximum absolute atomic E-state index is 5.41. The highest BCUT2D eigenvalue weighted by Crippen LogP contribution is 2.24. The van der Waals surface area contributed by atoms with Crippen molar-refractivity contribution in [1.29, 1.82) is 0 Å². The summed E-state index contributed by atoms with van der Waals surface area (Å²) < 4.78 is 6.52. The lowest BCUT2D eigenvalue weighted by atomic mass is 10.2. The molecule has 0 fully saturated rings. The second kappa shape index (κ2) is 7.72. The lowest BCUT2D eigenvalue weighted by Crippen LogP contribution is -2.25. The first-order chi connectivity index (χ1) is 8.21. The Bertz CT molecular complexity index is 335. The van der Waals surface area contributed by atoms with Gasteiger partial charge in [-0.05, 0) is 44.1 Å². The molecule has 0 heterocycles. The van der Waals surface area contributed by atoms with Gasteiger partial charge in [0, 0.05) is 16.6 Å². The molecular formula is C14H22BrNO. The van der Waals surface area contributed by atoms with Crippen molar-refractivity contribution in [2.75, 3.05) is 20.2 Å². The summed E-state index contributed by atoms with van der Waals surface area (Å²) in [7, 11) is 1.73. The fourth-order valence-electron chi connectivity index (χ4n) is 2.01. The number of hydrogen-bond acceptors (Lipinski definition) is 2. The normalized spacial score (nSPS) is 10.9. The molecule has 1 aromatic carbocycles. The average molecular weight is 300 g/mol. The summed E-state index contributed by atoms with van der Waals surface area (Å²) in [5.74, 6) is 0.977. The molecule has 0 saturated carbocycles. The number of methoxy groups -OCH3 is 1. The smallest absolute Gasteiger partial charge is 0.123 e. The Balaban J connectivity index is 2.79. The largest absolute Gasteiger partial charge is 0.496 e. The number of ether oxygens (including phenoxy) is 1. The molecular weight excluding hydrogens is 278 g/mol. The Morgan fingerprint density at radius 3 is 2.35 bits per heavy atom. The molecule has 0 saturated heterocycles. The van der Waals surface area contributed by atoms with Gasteiger partial charge < -0.3 is 4.74 Å². The van der Waals surface area contributed by atoms with E-state index in [2.05, 4.69) is 40.7 Å². The van der Waals surface area contributed by atoms with Gasteiger partial charge in [-0.3, -0.25) is 4.90 Å². The molecule has 0 spiro atoms. The third-order valence-electron chi connectivity index (χ3n) is 2.72. The van der Waals surface area contributed by atoms with Crippen LogP contribution in [0.1, 0.15) is 32.3 Å². The summed E-state index contributed by atoms with van der Waals surface area (Å²) in [4.78, 5) is 2.48. The molecule has 3 heteroatoms. The van der Waals surface area contributed by atoms with E-state index in [0.717, 1.165) is 29.9 Å². The molecule has 0 atom stereocenters. The molecule has 0 aliphatic heterocycles. The Morgan fingerprint density at radius 1 is 1.18 bits per heavy atom. The molecule has 0 aliphatic carbocycles. The van der Waals surface area contributed by atoms with E-state index >= 15 is 0 Å². The van der Waals surface area contributed by atoms with Crippen LogP contribution < -0.4 is 4.74 Å². The molecule has 1 aromatic rings. The minimum atomic E-state index is 0.963. The van der Waals surface area contributed by atoms with Crippen molar-refractivity contribution in [3.05, 3.63) is 28.2 Å². The zero-order valence-electron chi connectivity index (χ0n) is 11.0. The van der Waals surface area contributed by atoms with Gasteiger partial charge >= 0.3 is 0 Å². The lowest BCUT2D eigenvalue weighted by molar-refractivity contribution is 0.262. The molecule has 0 aliphatic rings. The highest BCUT2D eigenvalue weighted by molar-refractivity contribution is 9.10. The van der Waals surface area contributed by atoms with E-state index < -0.39 is 0 Å². The van der Waals surface area contributed by atoms with Gasteiger partial charge in [-0.2, -0.15) is 0 Å². The Morgan fingerprint density at radius 2 is 1.82 bits per heavy atom. The van der Waals surface area contributed by atoms with Crippen LogP contribution in [-0.4, -0.2) is 25.1 Å². The molecule has 0 amide bonds. The number of benzene rings is 1. The van der Waals surface area contributed by atoms with Crippen molar-refractivity contribution in [2.24, 2.45) is 0 Å². The average Bonchev–Trinajstić information content (AvgIpc) is 2.30. The van der Waals surface area contributed by atoms with Crippen molar-refractivity contribution < 1.29 is 4.74 Å². The van der Waals surface area contributed by atoms with Crippen molar-refractivity contribution in [3.63, 3.8) is 0 Å². The molecule has 0 bridgehead atoms. The summed E-state index contributed by atoms with van der Waals surface area (Å²) in [6.07, 6.45) is 2.38. The van der Waals surface area contributed by atoms with E-state index in [1.54, 1.807) is 7.11 Å². The molecule has 0 radical (unpaired) electrons. The Labute approximate surface area is 113 Å². The molecule has 0 aromatic heterocycles. The number of rotatable bonds is 7. The molecule has 96 valence electrons. The fraction of sp³-hybridized carbons (Fsp3) is 0.571. The minimum absolute atomic E-state index is 0.963. The van der Waals surface area contributed by atoms with Crippen molar-refractivity contribution in [2.45, 2.75) is 33.2 Å².